The molecule has 0 radical (unpaired) electrons. The minimum Gasteiger partial charge on any atom is -1.00 e. The third kappa shape index (κ3) is 31.4. The van der Waals surface area contributed by atoms with E-state index >= 15 is 0 Å². The Kier molecular flexibility index (Phi) is 54.4. The molecule has 0 atom stereocenters. The van der Waals surface area contributed by atoms with E-state index in [2.05, 4.69) is 370 Å². The first kappa shape index (κ1) is 93.1. The monoisotopic (exact) mass is 1790 g/mol. The smallest absolute Gasteiger partial charge is 1.00 e. The zero-order chi connectivity index (χ0) is 56.6. The summed E-state index contributed by atoms with van der Waals surface area (Å²) in [5.41, 5.74) is 0. The molecule has 488 valence electrons. The van der Waals surface area contributed by atoms with Gasteiger partial charge in [-0.15, -0.1) is 0 Å². The standard InChI is InChI=1S/3C18H15P.2C12H10P.BrH.6FH.3Pd.Sb/c3*1-4-10-16(11-5-1)19(17-12-6-2-7-13-17)18-14-8-3-9-15-18;2*1-3-7-11(8-4-1)13-12-9-5-2-6-10-12;;;;;;;;;;;/h3*1-15H;2*1-10H;7*1H;;;;/q;;;2*-1;;;;;;;;;;+2;+5/p-7. The van der Waals surface area contributed by atoms with Crippen LogP contribution in [0.3, 0.4) is 0 Å². The van der Waals surface area contributed by atoms with Crippen molar-refractivity contribution >= 4 is 134 Å². The second-order valence-electron chi connectivity index (χ2n) is 18.6. The van der Waals surface area contributed by atoms with Gasteiger partial charge in [0.15, 0.2) is 0 Å². The first-order chi connectivity index (χ1) is 41.2. The van der Waals surface area contributed by atoms with Crippen molar-refractivity contribution in [2.75, 3.05) is 0 Å². The Hall–Kier alpha value is -5.12. The van der Waals surface area contributed by atoms with Gasteiger partial charge in [0.25, 0.3) is 0 Å². The SMILES string of the molecule is [Br-].[F-].[F-].[F-].[F-].[F-].[F-].[Pd+2].[Pd].[Pd].[Sb+5].c1ccc(P(c2ccccc2)c2ccccc2)cc1.c1ccc(P(c2ccccc2)c2ccccc2)cc1.c1ccc(P(c2ccccc2)c2ccccc2)cc1.c1ccc([P-]c2ccccc2)cc1.c1ccc([P-]c2ccccc2)cc1. The molecule has 0 unspecified atom stereocenters. The molecular weight excluding hydrogens is 1730 g/mol. The predicted molar refractivity (Wildman–Crippen MR) is 379 cm³/mol. The van der Waals surface area contributed by atoms with E-state index in [0.717, 1.165) is 0 Å². The van der Waals surface area contributed by atoms with Crippen LogP contribution >= 0.6 is 40.9 Å². The third-order valence-corrected chi connectivity index (χ3v) is 22.2. The van der Waals surface area contributed by atoms with Gasteiger partial charge in [-0.1, -0.05) is 394 Å². The van der Waals surface area contributed by atoms with Gasteiger partial charge in [0, 0.05) is 40.8 Å². The summed E-state index contributed by atoms with van der Waals surface area (Å²) >= 11 is 0. The summed E-state index contributed by atoms with van der Waals surface area (Å²) in [6.07, 6.45) is 0. The van der Waals surface area contributed by atoms with Gasteiger partial charge in [0.05, 0.1) is 0 Å². The largest absolute Gasteiger partial charge is 5.00 e. The van der Waals surface area contributed by atoms with Crippen LogP contribution in [0.25, 0.3) is 0 Å². The molecular formula is C78H65BrF6P5Pd3Sb-2. The average molecular weight is 1790 g/mol. The van der Waals surface area contributed by atoms with Crippen LogP contribution in [0.2, 0.25) is 0 Å². The van der Waals surface area contributed by atoms with Crippen LogP contribution in [0.1, 0.15) is 0 Å². The normalized spacial score (nSPS) is 9.14. The molecule has 0 bridgehead atoms. The molecule has 94 heavy (non-hydrogen) atoms. The van der Waals surface area contributed by atoms with Crippen molar-refractivity contribution in [1.82, 2.24) is 0 Å². The molecule has 0 amide bonds. The van der Waals surface area contributed by atoms with E-state index in [1.54, 1.807) is 0 Å². The van der Waals surface area contributed by atoms with E-state index < -0.39 is 23.8 Å². The summed E-state index contributed by atoms with van der Waals surface area (Å²) in [6.45, 7) is 0. The number of hydrogen-bond acceptors (Lipinski definition) is 0. The fraction of sp³-hybridized carbons (Fsp3) is 0. The molecule has 13 aromatic rings. The molecule has 0 saturated heterocycles. The van der Waals surface area contributed by atoms with E-state index in [1.165, 1.54) is 86.1 Å². The third-order valence-electron chi connectivity index (χ3n) is 12.7. The molecule has 0 aliphatic carbocycles. The maximum atomic E-state index is 2.23. The van der Waals surface area contributed by atoms with Crippen LogP contribution in [0, 0.1) is 0 Å². The van der Waals surface area contributed by atoms with E-state index in [-0.39, 0.29) is 131 Å². The van der Waals surface area contributed by atoms with Crippen LogP contribution in [0.5, 0.6) is 0 Å². The molecule has 0 spiro atoms. The Morgan fingerprint density at radius 3 is 0.340 bits per heavy atom. The van der Waals surface area contributed by atoms with Crippen molar-refractivity contribution in [3.05, 3.63) is 394 Å². The molecule has 13 rings (SSSR count). The zero-order valence-electron chi connectivity index (χ0n) is 50.3. The molecule has 0 nitrogen and oxygen atoms in total. The van der Waals surface area contributed by atoms with E-state index in [1.807, 2.05) is 24.3 Å². The van der Waals surface area contributed by atoms with Crippen molar-refractivity contribution in [2.45, 2.75) is 0 Å². The van der Waals surface area contributed by atoms with E-state index in [9.17, 15) is 0 Å². The molecule has 0 aromatic heterocycles. The Balaban J connectivity index is -0.00000108. The second kappa shape index (κ2) is 54.9. The number of halogens is 7. The Morgan fingerprint density at radius 2 is 0.245 bits per heavy atom. The summed E-state index contributed by atoms with van der Waals surface area (Å²) in [5.74, 6) is 0. The van der Waals surface area contributed by atoms with Crippen LogP contribution in [-0.2, 0) is 61.3 Å². The maximum absolute atomic E-state index is 2.23. The van der Waals surface area contributed by atoms with Gasteiger partial charge in [-0.3, -0.25) is 0 Å². The molecule has 0 fully saturated rings. The Bertz CT molecular complexity index is 3080. The van der Waals surface area contributed by atoms with Crippen molar-refractivity contribution in [2.24, 2.45) is 0 Å². The molecule has 0 aliphatic rings. The average Bonchev–Trinajstić information content (AvgIpc) is 0.845. The first-order valence-corrected chi connectivity index (χ1v) is 33.6. The van der Waals surface area contributed by atoms with E-state index in [0.29, 0.717) is 0 Å². The van der Waals surface area contributed by atoms with Gasteiger partial charge < -0.3 is 62.4 Å². The molecule has 0 heterocycles. The van der Waals surface area contributed by atoms with Crippen LogP contribution < -0.4 is 114 Å². The fourth-order valence-electron chi connectivity index (χ4n) is 8.84. The van der Waals surface area contributed by atoms with Gasteiger partial charge in [-0.2, -0.15) is 0 Å². The van der Waals surface area contributed by atoms with Crippen LogP contribution in [0.4, 0.5) is 0 Å². The van der Waals surface area contributed by atoms with Crippen molar-refractivity contribution in [1.29, 1.82) is 0 Å². The second-order valence-corrected chi connectivity index (χ2v) is 27.8. The Morgan fingerprint density at radius 1 is 0.160 bits per heavy atom. The molecule has 16 heteroatoms. The number of benzene rings is 13. The summed E-state index contributed by atoms with van der Waals surface area (Å²) in [4.78, 5) is 0. The van der Waals surface area contributed by atoms with Crippen molar-refractivity contribution in [3.8, 4) is 0 Å². The quantitative estimate of drug-likeness (QED) is 0.0615. The van der Waals surface area contributed by atoms with Crippen molar-refractivity contribution < 1.29 is 106 Å². The summed E-state index contributed by atoms with van der Waals surface area (Å²) in [7, 11) is 1.23. The van der Waals surface area contributed by atoms with Gasteiger partial charge in [0.1, 0.15) is 0 Å². The molecule has 13 aromatic carbocycles. The maximum Gasteiger partial charge on any atom is 5.00 e. The molecule has 0 N–H and O–H groups in total. The van der Waals surface area contributed by atoms with Gasteiger partial charge in [-0.25, -0.2) is 21.2 Å². The van der Waals surface area contributed by atoms with Gasteiger partial charge in [-0.05, 0) is 71.5 Å². The van der Waals surface area contributed by atoms with Crippen LogP contribution in [0.15, 0.2) is 394 Å². The topological polar surface area (TPSA) is 0 Å². The molecule has 0 aliphatic heterocycles. The summed E-state index contributed by atoms with van der Waals surface area (Å²) < 4.78 is 0. The van der Waals surface area contributed by atoms with Crippen molar-refractivity contribution in [3.63, 3.8) is 0 Å². The summed E-state index contributed by atoms with van der Waals surface area (Å²) in [6, 6.07) is 139. The number of rotatable bonds is 13. The van der Waals surface area contributed by atoms with Gasteiger partial charge >= 0.3 is 44.9 Å². The zero-order valence-corrected chi connectivity index (χ0v) is 63.6. The summed E-state index contributed by atoms with van der Waals surface area (Å²) in [5, 5.41) is 17.9. The van der Waals surface area contributed by atoms with Gasteiger partial charge in [0.2, 0.25) is 0 Å². The number of hydrogen-bond donors (Lipinski definition) is 0. The molecule has 0 saturated carbocycles. The van der Waals surface area contributed by atoms with E-state index in [4.69, 9.17) is 0 Å². The predicted octanol–water partition coefficient (Wildman–Crippen LogP) is -5.86. The van der Waals surface area contributed by atoms with Crippen LogP contribution in [-0.4, -0.2) is 24.4 Å². The Labute approximate surface area is 628 Å². The fourth-order valence-corrected chi connectivity index (χ4v) is 17.6. The first-order valence-electron chi connectivity index (χ1n) is 27.7. The minimum absolute atomic E-state index is 0. The minimum atomic E-state index is -0.446.